The first kappa shape index (κ1) is 38.8. The Labute approximate surface area is 298 Å². The summed E-state index contributed by atoms with van der Waals surface area (Å²) in [6.45, 7) is 3.58. The molecular weight excluding hydrogens is 674 g/mol. The van der Waals surface area contributed by atoms with Crippen molar-refractivity contribution in [3.8, 4) is 0 Å². The maximum Gasteiger partial charge on any atom is 0.326 e. The Morgan fingerprint density at radius 3 is 1.83 bits per heavy atom. The van der Waals surface area contributed by atoms with Gasteiger partial charge >= 0.3 is 5.97 Å². The zero-order valence-electron chi connectivity index (χ0n) is 28.8. The number of carbonyl (C=O) groups is 6. The lowest BCUT2D eigenvalue weighted by Crippen LogP contribution is -2.59. The number of amides is 5. The van der Waals surface area contributed by atoms with Crippen LogP contribution in [0.4, 0.5) is 0 Å². The van der Waals surface area contributed by atoms with E-state index in [-0.39, 0.29) is 44.4 Å². The predicted molar refractivity (Wildman–Crippen MR) is 188 cm³/mol. The number of nitrogens with zero attached hydrogens (tertiary/aromatic N) is 2. The van der Waals surface area contributed by atoms with Gasteiger partial charge in [-0.1, -0.05) is 32.0 Å². The van der Waals surface area contributed by atoms with Crippen LogP contribution in [-0.4, -0.2) is 95.7 Å². The van der Waals surface area contributed by atoms with Crippen molar-refractivity contribution < 1.29 is 33.9 Å². The number of aromatic nitrogens is 5. The maximum absolute atomic E-state index is 13.9. The molecule has 0 unspecified atom stereocenters. The fourth-order valence-corrected chi connectivity index (χ4v) is 5.63. The number of primary amides is 1. The van der Waals surface area contributed by atoms with Gasteiger partial charge in [0.2, 0.25) is 29.5 Å². The number of fused-ring (bicyclic) bond motifs is 1. The highest BCUT2D eigenvalue weighted by Gasteiger charge is 2.33. The fourth-order valence-electron chi connectivity index (χ4n) is 5.63. The SMILES string of the molecule is CC(C)C[C@H](NC(=O)[C@H](CCC(N)=O)NC(=O)[C@H](Cc1cnc[nH]1)NC(=O)[C@H](Cc1cnc[nH]1)NC(=O)[C@@H](N)Cc1c[nH]c2ccccc12)C(=O)O. The van der Waals surface area contributed by atoms with Gasteiger partial charge in [0, 0.05) is 60.1 Å². The number of rotatable bonds is 20. The molecule has 0 spiro atoms. The number of aromatic amines is 3. The minimum atomic E-state index is -1.38. The number of benzene rings is 1. The molecule has 0 radical (unpaired) electrons. The molecule has 3 aromatic heterocycles. The van der Waals surface area contributed by atoms with Gasteiger partial charge in [-0.2, -0.15) is 0 Å². The van der Waals surface area contributed by atoms with Crippen molar-refractivity contribution in [3.05, 3.63) is 72.5 Å². The zero-order chi connectivity index (χ0) is 37.8. The number of H-pyrrole nitrogens is 3. The van der Waals surface area contributed by atoms with Crippen LogP contribution in [0.25, 0.3) is 10.9 Å². The molecule has 0 saturated carbocycles. The van der Waals surface area contributed by atoms with Gasteiger partial charge in [-0.3, -0.25) is 24.0 Å². The van der Waals surface area contributed by atoms with E-state index in [2.05, 4.69) is 46.2 Å². The van der Waals surface area contributed by atoms with Crippen LogP contribution in [0.15, 0.2) is 55.5 Å². The van der Waals surface area contributed by atoms with Gasteiger partial charge < -0.3 is 52.8 Å². The molecule has 12 N–H and O–H groups in total. The molecule has 52 heavy (non-hydrogen) atoms. The highest BCUT2D eigenvalue weighted by Crippen LogP contribution is 2.19. The van der Waals surface area contributed by atoms with Crippen molar-refractivity contribution in [2.24, 2.45) is 17.4 Å². The van der Waals surface area contributed by atoms with Gasteiger partial charge in [0.05, 0.1) is 18.7 Å². The molecule has 0 saturated heterocycles. The lowest BCUT2D eigenvalue weighted by Gasteiger charge is -2.26. The molecule has 18 heteroatoms. The third kappa shape index (κ3) is 11.2. The van der Waals surface area contributed by atoms with Crippen LogP contribution in [0, 0.1) is 5.92 Å². The summed E-state index contributed by atoms with van der Waals surface area (Å²) in [7, 11) is 0. The Morgan fingerprint density at radius 1 is 0.750 bits per heavy atom. The van der Waals surface area contributed by atoms with E-state index < -0.39 is 65.7 Å². The summed E-state index contributed by atoms with van der Waals surface area (Å²) in [6, 6.07) is 1.35. The molecule has 18 nitrogen and oxygen atoms in total. The summed E-state index contributed by atoms with van der Waals surface area (Å²) in [4.78, 5) is 94.7. The molecule has 0 aliphatic rings. The second-order valence-corrected chi connectivity index (χ2v) is 12.9. The normalized spacial score (nSPS) is 14.2. The minimum Gasteiger partial charge on any atom is -0.480 e. The standard InChI is InChI=1S/C34H45N11O7/c1-18(2)9-28(34(51)52)45-31(48)25(7-8-29(36)46)42-32(49)27(12-21-15-38-17-41-21)44-33(50)26(11-20-14-37-16-40-20)43-30(47)23(35)10-19-13-39-24-6-4-3-5-22(19)24/h3-6,13-18,23,25-28,39H,7-12,35H2,1-2H3,(H2,36,46)(H,37,40)(H,38,41)(H,42,49)(H,43,47)(H,44,50)(H,45,48)(H,51,52)/t23-,25-,26-,27-,28-/m0/s1. The number of nitrogens with two attached hydrogens (primary N) is 2. The number of carboxylic acids is 1. The Kier molecular flexibility index (Phi) is 13.6. The molecule has 5 atom stereocenters. The van der Waals surface area contributed by atoms with E-state index in [1.54, 1.807) is 20.0 Å². The molecule has 3 heterocycles. The molecule has 0 fully saturated rings. The molecule has 0 aliphatic heterocycles. The zero-order valence-corrected chi connectivity index (χ0v) is 28.8. The monoisotopic (exact) mass is 719 g/mol. The van der Waals surface area contributed by atoms with Crippen LogP contribution in [0.1, 0.15) is 50.1 Å². The van der Waals surface area contributed by atoms with Gasteiger partial charge in [0.25, 0.3) is 0 Å². The van der Waals surface area contributed by atoms with E-state index in [1.807, 2.05) is 24.3 Å². The van der Waals surface area contributed by atoms with Gasteiger partial charge in [-0.15, -0.1) is 0 Å². The summed E-state index contributed by atoms with van der Waals surface area (Å²) in [5.74, 6) is -5.12. The maximum atomic E-state index is 13.9. The highest BCUT2D eigenvalue weighted by atomic mass is 16.4. The van der Waals surface area contributed by atoms with Crippen LogP contribution < -0.4 is 32.7 Å². The summed E-state index contributed by atoms with van der Waals surface area (Å²) < 4.78 is 0. The van der Waals surface area contributed by atoms with E-state index in [1.165, 1.54) is 25.0 Å². The largest absolute Gasteiger partial charge is 0.480 e. The predicted octanol–water partition coefficient (Wildman–Crippen LogP) is -0.695. The van der Waals surface area contributed by atoms with Crippen molar-refractivity contribution in [1.82, 2.24) is 46.2 Å². The van der Waals surface area contributed by atoms with E-state index >= 15 is 0 Å². The van der Waals surface area contributed by atoms with Gasteiger partial charge in [0.15, 0.2) is 0 Å². The van der Waals surface area contributed by atoms with Crippen LogP contribution in [-0.2, 0) is 48.0 Å². The summed E-state index contributed by atoms with van der Waals surface area (Å²) >= 11 is 0. The van der Waals surface area contributed by atoms with Gasteiger partial charge in [0.1, 0.15) is 24.2 Å². The van der Waals surface area contributed by atoms with Crippen LogP contribution in [0.2, 0.25) is 0 Å². The second kappa shape index (κ2) is 18.3. The number of hydrogen-bond acceptors (Lipinski definition) is 9. The summed E-state index contributed by atoms with van der Waals surface area (Å²) in [6.07, 6.45) is 7.10. The quantitative estimate of drug-likeness (QED) is 0.0548. The van der Waals surface area contributed by atoms with Crippen molar-refractivity contribution >= 4 is 46.4 Å². The average Bonchev–Trinajstić information content (AvgIpc) is 3.89. The first-order valence-electron chi connectivity index (χ1n) is 16.8. The van der Waals surface area contributed by atoms with E-state index in [0.717, 1.165) is 16.5 Å². The molecule has 5 amide bonds. The van der Waals surface area contributed by atoms with Gasteiger partial charge in [-0.05, 0) is 36.8 Å². The Bertz CT molecular complexity index is 1820. The smallest absolute Gasteiger partial charge is 0.326 e. The molecule has 0 bridgehead atoms. The van der Waals surface area contributed by atoms with Crippen molar-refractivity contribution in [3.63, 3.8) is 0 Å². The lowest BCUT2D eigenvalue weighted by atomic mass is 10.0. The van der Waals surface area contributed by atoms with Crippen LogP contribution in [0.5, 0.6) is 0 Å². The van der Waals surface area contributed by atoms with Crippen LogP contribution in [0.3, 0.4) is 0 Å². The first-order valence-corrected chi connectivity index (χ1v) is 16.8. The number of hydrogen-bond donors (Lipinski definition) is 10. The van der Waals surface area contributed by atoms with Gasteiger partial charge in [-0.25, -0.2) is 14.8 Å². The second-order valence-electron chi connectivity index (χ2n) is 12.9. The minimum absolute atomic E-state index is 0.0359. The third-order valence-corrected chi connectivity index (χ3v) is 8.31. The summed E-state index contributed by atoms with van der Waals surface area (Å²) in [5, 5.41) is 20.9. The molecule has 4 aromatic rings. The fraction of sp³-hybridized carbons (Fsp3) is 0.412. The first-order chi connectivity index (χ1) is 24.8. The molecular formula is C34H45N11O7. The third-order valence-electron chi connectivity index (χ3n) is 8.31. The van der Waals surface area contributed by atoms with E-state index in [0.29, 0.717) is 11.4 Å². The Morgan fingerprint density at radius 2 is 1.29 bits per heavy atom. The topological polar surface area (TPSA) is 296 Å². The number of aliphatic carboxylic acids is 1. The Balaban J connectivity index is 1.53. The molecule has 0 aliphatic carbocycles. The van der Waals surface area contributed by atoms with E-state index in [9.17, 15) is 33.9 Å². The van der Waals surface area contributed by atoms with Crippen molar-refractivity contribution in [1.29, 1.82) is 0 Å². The number of para-hydroxylation sites is 1. The van der Waals surface area contributed by atoms with E-state index in [4.69, 9.17) is 11.5 Å². The summed E-state index contributed by atoms with van der Waals surface area (Å²) in [5.41, 5.74) is 14.3. The highest BCUT2D eigenvalue weighted by molar-refractivity contribution is 5.96. The number of nitrogens with one attached hydrogen (secondary N) is 7. The number of carboxylic acid groups (broad SMARTS) is 1. The van der Waals surface area contributed by atoms with Crippen molar-refractivity contribution in [2.45, 2.75) is 82.6 Å². The van der Waals surface area contributed by atoms with Crippen molar-refractivity contribution in [2.75, 3.05) is 0 Å². The average molecular weight is 720 g/mol. The molecule has 278 valence electrons. The molecule has 4 rings (SSSR count). The molecule has 1 aromatic carbocycles. The number of carbonyl (C=O) groups excluding carboxylic acids is 5. The number of imidazole rings is 2. The Hall–Kier alpha value is -6.04. The van der Waals surface area contributed by atoms with Crippen LogP contribution >= 0.6 is 0 Å². The lowest BCUT2D eigenvalue weighted by molar-refractivity contribution is -0.143.